The van der Waals surface area contributed by atoms with Gasteiger partial charge in [-0.3, -0.25) is 4.90 Å². The second kappa shape index (κ2) is 5.14. The van der Waals surface area contributed by atoms with Crippen molar-refractivity contribution in [1.29, 1.82) is 0 Å². The van der Waals surface area contributed by atoms with Crippen LogP contribution in [0.5, 0.6) is 0 Å². The van der Waals surface area contributed by atoms with Gasteiger partial charge in [0.05, 0.1) is 25.3 Å². The maximum atomic E-state index is 12.2. The summed E-state index contributed by atoms with van der Waals surface area (Å²) < 4.78 is 41.7. The van der Waals surface area contributed by atoms with Crippen molar-refractivity contribution in [1.82, 2.24) is 4.90 Å². The molecule has 0 radical (unpaired) electrons. The molecule has 0 bridgehead atoms. The quantitative estimate of drug-likeness (QED) is 0.781. The lowest BCUT2D eigenvalue weighted by Gasteiger charge is -2.37. The lowest BCUT2D eigenvalue weighted by Crippen LogP contribution is -2.52. The molecule has 1 fully saturated rings. The van der Waals surface area contributed by atoms with E-state index < -0.39 is 24.9 Å². The zero-order valence-electron chi connectivity index (χ0n) is 8.63. The molecule has 6 heteroatoms. The Labute approximate surface area is 86.8 Å². The van der Waals surface area contributed by atoms with Gasteiger partial charge in [-0.2, -0.15) is 13.2 Å². The molecule has 0 aromatic rings. The maximum absolute atomic E-state index is 12.2. The van der Waals surface area contributed by atoms with E-state index in [1.807, 2.05) is 0 Å². The fraction of sp³-hybridized carbons (Fsp3) is 1.00. The fourth-order valence-electron chi connectivity index (χ4n) is 1.75. The minimum Gasteiger partial charge on any atom is -0.391 e. The Hall–Kier alpha value is -0.330. The zero-order valence-corrected chi connectivity index (χ0v) is 8.63. The highest BCUT2D eigenvalue weighted by Crippen LogP contribution is 2.21. The van der Waals surface area contributed by atoms with Gasteiger partial charge in [0.15, 0.2) is 0 Å². The van der Waals surface area contributed by atoms with Gasteiger partial charge in [-0.25, -0.2) is 0 Å². The Kier molecular flexibility index (Phi) is 4.36. The van der Waals surface area contributed by atoms with E-state index in [0.29, 0.717) is 13.0 Å². The van der Waals surface area contributed by atoms with Crippen LogP contribution in [-0.4, -0.2) is 54.6 Å². The van der Waals surface area contributed by atoms with E-state index in [-0.39, 0.29) is 13.2 Å². The van der Waals surface area contributed by atoms with Crippen molar-refractivity contribution in [3.8, 4) is 0 Å². The van der Waals surface area contributed by atoms with E-state index in [9.17, 15) is 18.3 Å². The van der Waals surface area contributed by atoms with Crippen LogP contribution in [0.2, 0.25) is 0 Å². The van der Waals surface area contributed by atoms with Crippen LogP contribution in [0.1, 0.15) is 13.3 Å². The summed E-state index contributed by atoms with van der Waals surface area (Å²) in [5, 5.41) is 9.58. The van der Waals surface area contributed by atoms with E-state index in [4.69, 9.17) is 4.74 Å². The molecule has 15 heavy (non-hydrogen) atoms. The van der Waals surface area contributed by atoms with Gasteiger partial charge in [0.2, 0.25) is 0 Å². The molecule has 1 heterocycles. The molecule has 0 aromatic heterocycles. The van der Waals surface area contributed by atoms with E-state index in [1.165, 1.54) is 4.90 Å². The SMILES string of the molecule is CCN(CC(F)(F)F)C1COCCC1O. The third kappa shape index (κ3) is 3.96. The molecule has 2 atom stereocenters. The van der Waals surface area contributed by atoms with E-state index in [1.54, 1.807) is 6.92 Å². The number of aliphatic hydroxyl groups excluding tert-OH is 1. The smallest absolute Gasteiger partial charge is 0.391 e. The van der Waals surface area contributed by atoms with Gasteiger partial charge in [0, 0.05) is 6.61 Å². The number of aliphatic hydroxyl groups is 1. The van der Waals surface area contributed by atoms with Crippen molar-refractivity contribution in [2.75, 3.05) is 26.3 Å². The molecule has 1 aliphatic heterocycles. The summed E-state index contributed by atoms with van der Waals surface area (Å²) in [6, 6.07) is -0.537. The Morgan fingerprint density at radius 1 is 1.47 bits per heavy atom. The molecule has 1 rings (SSSR count). The number of likely N-dealkylation sites (N-methyl/N-ethyl adjacent to an activating group) is 1. The first-order valence-corrected chi connectivity index (χ1v) is 5.00. The minimum absolute atomic E-state index is 0.172. The summed E-state index contributed by atoms with van der Waals surface area (Å²) in [7, 11) is 0. The third-order valence-corrected chi connectivity index (χ3v) is 2.55. The Morgan fingerprint density at radius 3 is 2.60 bits per heavy atom. The van der Waals surface area contributed by atoms with Crippen LogP contribution in [0.3, 0.4) is 0 Å². The number of nitrogens with zero attached hydrogens (tertiary/aromatic N) is 1. The fourth-order valence-corrected chi connectivity index (χ4v) is 1.75. The molecule has 1 aliphatic rings. The first kappa shape index (κ1) is 12.7. The van der Waals surface area contributed by atoms with Crippen LogP contribution < -0.4 is 0 Å². The van der Waals surface area contributed by atoms with Crippen molar-refractivity contribution in [2.24, 2.45) is 0 Å². The molecular formula is C9H16F3NO2. The van der Waals surface area contributed by atoms with E-state index >= 15 is 0 Å². The molecule has 1 N–H and O–H groups in total. The summed E-state index contributed by atoms with van der Waals surface area (Å²) in [5.41, 5.74) is 0. The van der Waals surface area contributed by atoms with Gasteiger partial charge >= 0.3 is 6.18 Å². The average molecular weight is 227 g/mol. The molecular weight excluding hydrogens is 211 g/mol. The van der Waals surface area contributed by atoms with E-state index in [2.05, 4.69) is 0 Å². The van der Waals surface area contributed by atoms with Crippen LogP contribution in [-0.2, 0) is 4.74 Å². The summed E-state index contributed by atoms with van der Waals surface area (Å²) in [6.45, 7) is 1.50. The van der Waals surface area contributed by atoms with Crippen molar-refractivity contribution in [3.05, 3.63) is 0 Å². The van der Waals surface area contributed by atoms with Gasteiger partial charge in [-0.05, 0) is 13.0 Å². The Morgan fingerprint density at radius 2 is 2.13 bits per heavy atom. The first-order valence-electron chi connectivity index (χ1n) is 5.00. The predicted molar refractivity (Wildman–Crippen MR) is 48.5 cm³/mol. The molecule has 90 valence electrons. The van der Waals surface area contributed by atoms with Crippen molar-refractivity contribution in [2.45, 2.75) is 31.7 Å². The normalized spacial score (nSPS) is 28.4. The van der Waals surface area contributed by atoms with Gasteiger partial charge < -0.3 is 9.84 Å². The van der Waals surface area contributed by atoms with Crippen LogP contribution >= 0.6 is 0 Å². The summed E-state index contributed by atoms with van der Waals surface area (Å²) in [6.07, 6.45) is -4.55. The standard InChI is InChI=1S/C9H16F3NO2/c1-2-13(6-9(10,11)12)7-5-15-4-3-8(7)14/h7-8,14H,2-6H2,1H3. The zero-order chi connectivity index (χ0) is 11.5. The lowest BCUT2D eigenvalue weighted by atomic mass is 10.1. The van der Waals surface area contributed by atoms with Gasteiger partial charge in [0.25, 0.3) is 0 Å². The van der Waals surface area contributed by atoms with Crippen molar-refractivity contribution in [3.63, 3.8) is 0 Å². The van der Waals surface area contributed by atoms with Crippen LogP contribution in [0, 0.1) is 0 Å². The summed E-state index contributed by atoms with van der Waals surface area (Å²) in [4.78, 5) is 1.21. The molecule has 0 aromatic carbocycles. The molecule has 0 amide bonds. The van der Waals surface area contributed by atoms with Crippen LogP contribution in [0.4, 0.5) is 13.2 Å². The lowest BCUT2D eigenvalue weighted by molar-refractivity contribution is -0.164. The van der Waals surface area contributed by atoms with Crippen molar-refractivity contribution < 1.29 is 23.0 Å². The topological polar surface area (TPSA) is 32.7 Å². The molecule has 0 saturated carbocycles. The highest BCUT2D eigenvalue weighted by atomic mass is 19.4. The van der Waals surface area contributed by atoms with Crippen LogP contribution in [0.25, 0.3) is 0 Å². The summed E-state index contributed by atoms with van der Waals surface area (Å²) in [5.74, 6) is 0. The predicted octanol–water partition coefficient (Wildman–Crippen LogP) is 1.02. The number of alkyl halides is 3. The molecule has 0 spiro atoms. The van der Waals surface area contributed by atoms with Gasteiger partial charge in [-0.1, -0.05) is 6.92 Å². The highest BCUT2D eigenvalue weighted by molar-refractivity contribution is 4.82. The number of halogens is 3. The van der Waals surface area contributed by atoms with Crippen LogP contribution in [0.15, 0.2) is 0 Å². The number of rotatable bonds is 3. The summed E-state index contributed by atoms with van der Waals surface area (Å²) >= 11 is 0. The third-order valence-electron chi connectivity index (χ3n) is 2.55. The Bertz CT molecular complexity index is 198. The monoisotopic (exact) mass is 227 g/mol. The molecule has 1 saturated heterocycles. The largest absolute Gasteiger partial charge is 0.401 e. The second-order valence-electron chi connectivity index (χ2n) is 3.68. The molecule has 2 unspecified atom stereocenters. The number of hydrogen-bond acceptors (Lipinski definition) is 3. The van der Waals surface area contributed by atoms with Crippen molar-refractivity contribution >= 4 is 0 Å². The number of hydrogen-bond donors (Lipinski definition) is 1. The average Bonchev–Trinajstić information content (AvgIpc) is 2.14. The number of ether oxygens (including phenoxy) is 1. The van der Waals surface area contributed by atoms with E-state index in [0.717, 1.165) is 0 Å². The molecule has 0 aliphatic carbocycles. The minimum atomic E-state index is -4.23. The maximum Gasteiger partial charge on any atom is 0.401 e. The second-order valence-corrected chi connectivity index (χ2v) is 3.68. The van der Waals surface area contributed by atoms with Gasteiger partial charge in [0.1, 0.15) is 0 Å². The first-order chi connectivity index (χ1) is 6.94. The highest BCUT2D eigenvalue weighted by Gasteiger charge is 2.36. The Balaban J connectivity index is 2.56. The van der Waals surface area contributed by atoms with Gasteiger partial charge in [-0.15, -0.1) is 0 Å². The molecule has 3 nitrogen and oxygen atoms in total.